The fraction of sp³-hybridized carbons (Fsp3) is 0.105. The molecule has 1 heterocycles. The first-order chi connectivity index (χ1) is 12.5. The number of thiazole rings is 1. The number of nitrogens with one attached hydrogen (secondary N) is 2. The first-order valence-electron chi connectivity index (χ1n) is 8.01. The molecular weight excluding hydrogens is 350 g/mol. The number of aromatic nitrogens is 1. The van der Waals surface area contributed by atoms with E-state index in [0.717, 1.165) is 22.6 Å². The van der Waals surface area contributed by atoms with Crippen molar-refractivity contribution in [3.8, 4) is 11.3 Å². The SMILES string of the molecule is CCC(=O)Nc1ccc(-c2csc(Nc3ccc(C(=O)O)cc3)n2)cc1. The zero-order valence-corrected chi connectivity index (χ0v) is 14.8. The van der Waals surface area contributed by atoms with E-state index in [-0.39, 0.29) is 11.5 Å². The number of aromatic carboxylic acids is 1. The summed E-state index contributed by atoms with van der Waals surface area (Å²) < 4.78 is 0. The van der Waals surface area contributed by atoms with Crippen LogP contribution in [-0.2, 0) is 4.79 Å². The maximum atomic E-state index is 11.4. The Morgan fingerprint density at radius 2 is 1.69 bits per heavy atom. The van der Waals surface area contributed by atoms with Crippen LogP contribution in [0.25, 0.3) is 11.3 Å². The molecule has 0 bridgehead atoms. The minimum atomic E-state index is -0.952. The zero-order chi connectivity index (χ0) is 18.5. The number of carboxylic acids is 1. The summed E-state index contributed by atoms with van der Waals surface area (Å²) >= 11 is 1.46. The molecule has 132 valence electrons. The second-order valence-electron chi connectivity index (χ2n) is 5.52. The van der Waals surface area contributed by atoms with Crippen LogP contribution in [0.4, 0.5) is 16.5 Å². The van der Waals surface area contributed by atoms with Crippen molar-refractivity contribution in [3.63, 3.8) is 0 Å². The molecular formula is C19H17N3O3S. The molecule has 0 saturated heterocycles. The summed E-state index contributed by atoms with van der Waals surface area (Å²) in [5, 5.41) is 17.5. The first kappa shape index (κ1) is 17.6. The summed E-state index contributed by atoms with van der Waals surface area (Å²) in [6, 6.07) is 14.0. The van der Waals surface area contributed by atoms with Crippen LogP contribution in [0.15, 0.2) is 53.9 Å². The van der Waals surface area contributed by atoms with Gasteiger partial charge in [-0.25, -0.2) is 9.78 Å². The largest absolute Gasteiger partial charge is 0.478 e. The van der Waals surface area contributed by atoms with Crippen LogP contribution in [0, 0.1) is 0 Å². The molecule has 0 radical (unpaired) electrons. The zero-order valence-electron chi connectivity index (χ0n) is 14.0. The first-order valence-corrected chi connectivity index (χ1v) is 8.89. The number of hydrogen-bond acceptors (Lipinski definition) is 5. The van der Waals surface area contributed by atoms with Crippen molar-refractivity contribution in [3.05, 3.63) is 59.5 Å². The topological polar surface area (TPSA) is 91.3 Å². The maximum Gasteiger partial charge on any atom is 0.335 e. The van der Waals surface area contributed by atoms with Crippen LogP contribution in [0.5, 0.6) is 0 Å². The van der Waals surface area contributed by atoms with Gasteiger partial charge in [0, 0.05) is 28.7 Å². The monoisotopic (exact) mass is 367 g/mol. The Hall–Kier alpha value is -3.19. The van der Waals surface area contributed by atoms with Crippen LogP contribution in [0.3, 0.4) is 0 Å². The summed E-state index contributed by atoms with van der Waals surface area (Å²) in [4.78, 5) is 26.8. The molecule has 0 fully saturated rings. The van der Waals surface area contributed by atoms with Gasteiger partial charge in [0.15, 0.2) is 5.13 Å². The van der Waals surface area contributed by atoms with Crippen molar-refractivity contribution in [2.24, 2.45) is 0 Å². The Balaban J connectivity index is 1.69. The molecule has 3 rings (SSSR count). The lowest BCUT2D eigenvalue weighted by Crippen LogP contribution is -2.08. The van der Waals surface area contributed by atoms with Gasteiger partial charge in [0.2, 0.25) is 5.91 Å². The van der Waals surface area contributed by atoms with Gasteiger partial charge in [-0.3, -0.25) is 4.79 Å². The molecule has 7 heteroatoms. The molecule has 1 aromatic heterocycles. The Kier molecular flexibility index (Phi) is 5.28. The van der Waals surface area contributed by atoms with Gasteiger partial charge >= 0.3 is 5.97 Å². The van der Waals surface area contributed by atoms with Crippen molar-refractivity contribution < 1.29 is 14.7 Å². The Morgan fingerprint density at radius 1 is 1.04 bits per heavy atom. The number of carbonyl (C=O) groups excluding carboxylic acids is 1. The number of carbonyl (C=O) groups is 2. The van der Waals surface area contributed by atoms with E-state index in [1.165, 1.54) is 11.3 Å². The third-order valence-corrected chi connectivity index (χ3v) is 4.43. The van der Waals surface area contributed by atoms with E-state index in [1.807, 2.05) is 36.6 Å². The van der Waals surface area contributed by atoms with E-state index in [0.29, 0.717) is 11.6 Å². The van der Waals surface area contributed by atoms with Crippen LogP contribution in [0.2, 0.25) is 0 Å². The third-order valence-electron chi connectivity index (χ3n) is 3.67. The average molecular weight is 367 g/mol. The highest BCUT2D eigenvalue weighted by Gasteiger charge is 2.07. The molecule has 0 aliphatic rings. The van der Waals surface area contributed by atoms with Gasteiger partial charge in [0.25, 0.3) is 0 Å². The van der Waals surface area contributed by atoms with Crippen LogP contribution < -0.4 is 10.6 Å². The summed E-state index contributed by atoms with van der Waals surface area (Å²) in [6.45, 7) is 1.81. The fourth-order valence-corrected chi connectivity index (χ4v) is 3.00. The van der Waals surface area contributed by atoms with E-state index in [1.54, 1.807) is 24.3 Å². The van der Waals surface area contributed by atoms with E-state index in [4.69, 9.17) is 5.11 Å². The van der Waals surface area contributed by atoms with E-state index < -0.39 is 5.97 Å². The highest BCUT2D eigenvalue weighted by atomic mass is 32.1. The molecule has 3 aromatic rings. The predicted octanol–water partition coefficient (Wildman–Crippen LogP) is 4.60. The fourth-order valence-electron chi connectivity index (χ4n) is 2.26. The maximum absolute atomic E-state index is 11.4. The van der Waals surface area contributed by atoms with Crippen molar-refractivity contribution in [1.29, 1.82) is 0 Å². The molecule has 0 aliphatic heterocycles. The quantitative estimate of drug-likeness (QED) is 0.592. The summed E-state index contributed by atoms with van der Waals surface area (Å²) in [5.74, 6) is -0.974. The number of nitrogens with zero attached hydrogens (tertiary/aromatic N) is 1. The highest BCUT2D eigenvalue weighted by molar-refractivity contribution is 7.14. The van der Waals surface area contributed by atoms with Gasteiger partial charge in [-0.2, -0.15) is 0 Å². The van der Waals surface area contributed by atoms with Gasteiger partial charge in [-0.05, 0) is 36.4 Å². The number of hydrogen-bond donors (Lipinski definition) is 3. The minimum absolute atomic E-state index is 0.0215. The standard InChI is InChI=1S/C19H17N3O3S/c1-2-17(23)20-14-7-3-12(4-8-14)16-11-26-19(22-16)21-15-9-5-13(6-10-15)18(24)25/h3-11H,2H2,1H3,(H,20,23)(H,21,22)(H,24,25). The predicted molar refractivity (Wildman–Crippen MR) is 103 cm³/mol. The van der Waals surface area contributed by atoms with Crippen LogP contribution in [0.1, 0.15) is 23.7 Å². The van der Waals surface area contributed by atoms with E-state index in [2.05, 4.69) is 15.6 Å². The van der Waals surface area contributed by atoms with Crippen LogP contribution >= 0.6 is 11.3 Å². The molecule has 0 aliphatic carbocycles. The molecule has 2 aromatic carbocycles. The smallest absolute Gasteiger partial charge is 0.335 e. The number of carboxylic acid groups (broad SMARTS) is 1. The molecule has 1 amide bonds. The van der Waals surface area contributed by atoms with Crippen molar-refractivity contribution in [2.45, 2.75) is 13.3 Å². The molecule has 0 unspecified atom stereocenters. The molecule has 0 atom stereocenters. The second kappa shape index (κ2) is 7.79. The third kappa shape index (κ3) is 4.25. The molecule has 6 nitrogen and oxygen atoms in total. The van der Waals surface area contributed by atoms with E-state index in [9.17, 15) is 9.59 Å². The van der Waals surface area contributed by atoms with Crippen LogP contribution in [-0.4, -0.2) is 22.0 Å². The Bertz CT molecular complexity index is 918. The lowest BCUT2D eigenvalue weighted by molar-refractivity contribution is -0.115. The molecule has 0 spiro atoms. The van der Waals surface area contributed by atoms with Crippen molar-refractivity contribution >= 4 is 39.7 Å². The minimum Gasteiger partial charge on any atom is -0.478 e. The Morgan fingerprint density at radius 3 is 2.31 bits per heavy atom. The number of benzene rings is 2. The number of rotatable bonds is 6. The summed E-state index contributed by atoms with van der Waals surface area (Å²) in [7, 11) is 0. The number of amides is 1. The normalized spacial score (nSPS) is 10.3. The highest BCUT2D eigenvalue weighted by Crippen LogP contribution is 2.28. The Labute approximate surface area is 154 Å². The van der Waals surface area contributed by atoms with Crippen molar-refractivity contribution in [2.75, 3.05) is 10.6 Å². The number of anilines is 3. The summed E-state index contributed by atoms with van der Waals surface area (Å²) in [6.07, 6.45) is 0.441. The van der Waals surface area contributed by atoms with Gasteiger partial charge in [-0.15, -0.1) is 11.3 Å². The molecule has 3 N–H and O–H groups in total. The lowest BCUT2D eigenvalue weighted by atomic mass is 10.1. The van der Waals surface area contributed by atoms with Gasteiger partial charge in [0.05, 0.1) is 11.3 Å². The van der Waals surface area contributed by atoms with Gasteiger partial charge in [-0.1, -0.05) is 19.1 Å². The second-order valence-corrected chi connectivity index (χ2v) is 6.38. The van der Waals surface area contributed by atoms with E-state index >= 15 is 0 Å². The average Bonchev–Trinajstić information content (AvgIpc) is 3.11. The van der Waals surface area contributed by atoms with Gasteiger partial charge < -0.3 is 15.7 Å². The molecule has 26 heavy (non-hydrogen) atoms. The van der Waals surface area contributed by atoms with Crippen molar-refractivity contribution in [1.82, 2.24) is 4.98 Å². The van der Waals surface area contributed by atoms with Gasteiger partial charge in [0.1, 0.15) is 0 Å². The lowest BCUT2D eigenvalue weighted by Gasteiger charge is -2.04. The summed E-state index contributed by atoms with van der Waals surface area (Å²) in [5.41, 5.74) is 3.55. The molecule has 0 saturated carbocycles.